The van der Waals surface area contributed by atoms with Gasteiger partial charge in [-0.2, -0.15) is 0 Å². The summed E-state index contributed by atoms with van der Waals surface area (Å²) in [6.45, 7) is 3.40. The molecular formula is C42H42N4O8. The lowest BCUT2D eigenvalue weighted by molar-refractivity contribution is -0.127. The average molecular weight is 731 g/mol. The molecule has 6 rings (SSSR count). The fraction of sp³-hybridized carbons (Fsp3) is 0.238. The smallest absolute Gasteiger partial charge is 0.421 e. The van der Waals surface area contributed by atoms with Crippen LogP contribution in [0.5, 0.6) is 0 Å². The van der Waals surface area contributed by atoms with Crippen molar-refractivity contribution in [1.29, 1.82) is 0 Å². The van der Waals surface area contributed by atoms with Gasteiger partial charge in [-0.05, 0) is 75.0 Å². The number of amides is 2. The third-order valence-electron chi connectivity index (χ3n) is 8.94. The Kier molecular flexibility index (Phi) is 11.4. The number of hydrogen-bond donors (Lipinski definition) is 2. The Balaban J connectivity index is 1.18. The summed E-state index contributed by atoms with van der Waals surface area (Å²) >= 11 is 0. The highest BCUT2D eigenvalue weighted by atomic mass is 16.7. The topological polar surface area (TPSA) is 141 Å². The fourth-order valence-corrected chi connectivity index (χ4v) is 6.19. The maximum Gasteiger partial charge on any atom is 0.421 e. The molecule has 0 saturated heterocycles. The molecule has 278 valence electrons. The summed E-state index contributed by atoms with van der Waals surface area (Å²) in [5.41, 5.74) is 2.41. The lowest BCUT2D eigenvalue weighted by Gasteiger charge is -2.30. The minimum Gasteiger partial charge on any atom is -0.457 e. The molecule has 0 aliphatic heterocycles. The Labute approximate surface area is 312 Å². The van der Waals surface area contributed by atoms with Crippen molar-refractivity contribution in [3.05, 3.63) is 143 Å². The molecule has 2 aromatic heterocycles. The second-order valence-electron chi connectivity index (χ2n) is 13.5. The van der Waals surface area contributed by atoms with Crippen LogP contribution < -0.4 is 10.6 Å². The van der Waals surface area contributed by atoms with Crippen molar-refractivity contribution in [2.24, 2.45) is 0 Å². The minimum absolute atomic E-state index is 0.0281. The number of para-hydroxylation sites is 2. The molecule has 1 unspecified atom stereocenters. The average Bonchev–Trinajstić information content (AvgIpc) is 3.75. The number of ether oxygens (including phenoxy) is 3. The summed E-state index contributed by atoms with van der Waals surface area (Å²) in [6, 6.07) is 32.4. The van der Waals surface area contributed by atoms with Gasteiger partial charge in [-0.15, -0.1) is 0 Å². The van der Waals surface area contributed by atoms with Crippen molar-refractivity contribution in [3.63, 3.8) is 0 Å². The molecule has 54 heavy (non-hydrogen) atoms. The van der Waals surface area contributed by atoms with E-state index >= 15 is 0 Å². The zero-order valence-corrected chi connectivity index (χ0v) is 30.5. The standard InChI is InChI=1S/C42H42N4O8/c1-28(30-12-6-5-7-13-30)43-39(48)42(2,44-40(49)51-26-34-22-32-14-8-11-17-37(32)54-34)23-33-25-46(36-16-10-9-15-35(33)36)41(50)53-27-52-38(47)31-20-18-29(19-21-31)24-45(3)4/h5-22,25,28H,23-24,26-27H2,1-4H3,(H,43,48)(H,44,49)/t28-,42?/m0/s1. The van der Waals surface area contributed by atoms with E-state index in [1.165, 1.54) is 4.57 Å². The molecule has 0 bridgehead atoms. The second kappa shape index (κ2) is 16.5. The Morgan fingerprint density at radius 3 is 2.30 bits per heavy atom. The molecule has 0 radical (unpaired) electrons. The van der Waals surface area contributed by atoms with Crippen LogP contribution in [-0.2, 0) is 38.6 Å². The van der Waals surface area contributed by atoms with Crippen LogP contribution in [0.25, 0.3) is 21.9 Å². The van der Waals surface area contributed by atoms with Crippen LogP contribution in [0, 0.1) is 0 Å². The highest BCUT2D eigenvalue weighted by molar-refractivity contribution is 5.95. The van der Waals surface area contributed by atoms with Gasteiger partial charge in [0, 0.05) is 29.9 Å². The molecule has 2 N–H and O–H groups in total. The normalized spacial score (nSPS) is 12.9. The van der Waals surface area contributed by atoms with E-state index in [0.717, 1.165) is 23.1 Å². The van der Waals surface area contributed by atoms with Crippen LogP contribution in [0.15, 0.2) is 120 Å². The molecule has 6 aromatic rings. The number of carbonyl (C=O) groups excluding carboxylic acids is 4. The van der Waals surface area contributed by atoms with Gasteiger partial charge in [0.25, 0.3) is 0 Å². The summed E-state index contributed by atoms with van der Waals surface area (Å²) in [5.74, 6) is -0.664. The van der Waals surface area contributed by atoms with Gasteiger partial charge in [0.1, 0.15) is 16.9 Å². The first-order valence-corrected chi connectivity index (χ1v) is 17.4. The number of hydrogen-bond acceptors (Lipinski definition) is 9. The van der Waals surface area contributed by atoms with Crippen molar-refractivity contribution >= 4 is 45.9 Å². The number of esters is 1. The number of nitrogens with zero attached hydrogens (tertiary/aromatic N) is 2. The predicted octanol–water partition coefficient (Wildman–Crippen LogP) is 7.35. The number of furan rings is 1. The maximum absolute atomic E-state index is 14.1. The molecule has 2 atom stereocenters. The summed E-state index contributed by atoms with van der Waals surface area (Å²) in [4.78, 5) is 55.4. The van der Waals surface area contributed by atoms with E-state index in [2.05, 4.69) is 10.6 Å². The predicted molar refractivity (Wildman–Crippen MR) is 203 cm³/mol. The van der Waals surface area contributed by atoms with Crippen molar-refractivity contribution in [2.75, 3.05) is 20.9 Å². The number of carbonyl (C=O) groups is 4. The third-order valence-corrected chi connectivity index (χ3v) is 8.94. The van der Waals surface area contributed by atoms with E-state index in [1.807, 2.05) is 92.6 Å². The van der Waals surface area contributed by atoms with Gasteiger partial charge >= 0.3 is 18.2 Å². The van der Waals surface area contributed by atoms with E-state index in [4.69, 9.17) is 18.6 Å². The Morgan fingerprint density at radius 2 is 1.56 bits per heavy atom. The van der Waals surface area contributed by atoms with Crippen LogP contribution in [0.3, 0.4) is 0 Å². The largest absolute Gasteiger partial charge is 0.457 e. The monoisotopic (exact) mass is 730 g/mol. The zero-order chi connectivity index (χ0) is 38.2. The molecule has 12 heteroatoms. The highest BCUT2D eigenvalue weighted by Gasteiger charge is 2.38. The SMILES string of the molecule is C[C@H](NC(=O)C(C)(Cc1cn(C(=O)OCOC(=O)c2ccc(CN(C)C)cc2)c2ccccc12)NC(=O)OCc1cc2ccccc2o1)c1ccccc1. The molecule has 0 aliphatic rings. The third kappa shape index (κ3) is 8.96. The first-order valence-electron chi connectivity index (χ1n) is 17.4. The summed E-state index contributed by atoms with van der Waals surface area (Å²) in [7, 11) is 3.91. The fourth-order valence-electron chi connectivity index (χ4n) is 6.19. The number of fused-ring (bicyclic) bond motifs is 2. The van der Waals surface area contributed by atoms with E-state index < -0.39 is 36.4 Å². The van der Waals surface area contributed by atoms with Crippen molar-refractivity contribution in [3.8, 4) is 0 Å². The first-order chi connectivity index (χ1) is 26.0. The van der Waals surface area contributed by atoms with Gasteiger partial charge in [0.05, 0.1) is 17.1 Å². The van der Waals surface area contributed by atoms with Crippen LogP contribution in [0.1, 0.15) is 52.7 Å². The van der Waals surface area contributed by atoms with Gasteiger partial charge in [0.15, 0.2) is 6.61 Å². The van der Waals surface area contributed by atoms with E-state index in [-0.39, 0.29) is 19.1 Å². The number of aromatic nitrogens is 1. The zero-order valence-electron chi connectivity index (χ0n) is 30.5. The Bertz CT molecular complexity index is 2230. The minimum atomic E-state index is -1.55. The van der Waals surface area contributed by atoms with Crippen molar-refractivity contribution in [2.45, 2.75) is 45.0 Å². The molecule has 2 amide bonds. The molecule has 0 spiro atoms. The number of nitrogens with one attached hydrogen (secondary N) is 2. The number of alkyl carbamates (subject to hydrolysis) is 1. The highest BCUT2D eigenvalue weighted by Crippen LogP contribution is 2.27. The summed E-state index contributed by atoms with van der Waals surface area (Å²) in [6.07, 6.45) is -0.114. The summed E-state index contributed by atoms with van der Waals surface area (Å²) < 4.78 is 23.2. The van der Waals surface area contributed by atoms with Gasteiger partial charge in [-0.3, -0.25) is 9.36 Å². The molecular weight excluding hydrogens is 688 g/mol. The maximum atomic E-state index is 14.1. The van der Waals surface area contributed by atoms with E-state index in [0.29, 0.717) is 33.4 Å². The Hall–Kier alpha value is -6.40. The molecule has 4 aromatic carbocycles. The Morgan fingerprint density at radius 1 is 0.852 bits per heavy atom. The lowest BCUT2D eigenvalue weighted by Crippen LogP contribution is -2.58. The molecule has 0 aliphatic carbocycles. The van der Waals surface area contributed by atoms with Gasteiger partial charge in [-0.25, -0.2) is 14.4 Å². The van der Waals surface area contributed by atoms with Crippen LogP contribution in [0.4, 0.5) is 9.59 Å². The van der Waals surface area contributed by atoms with Crippen LogP contribution >= 0.6 is 0 Å². The number of benzene rings is 4. The van der Waals surface area contributed by atoms with E-state index in [1.54, 1.807) is 55.6 Å². The van der Waals surface area contributed by atoms with Gasteiger partial charge in [0.2, 0.25) is 12.7 Å². The lowest BCUT2D eigenvalue weighted by atomic mass is 9.91. The van der Waals surface area contributed by atoms with Crippen molar-refractivity contribution < 1.29 is 37.8 Å². The van der Waals surface area contributed by atoms with Crippen molar-refractivity contribution in [1.82, 2.24) is 20.1 Å². The molecule has 12 nitrogen and oxygen atoms in total. The first kappa shape index (κ1) is 37.4. The summed E-state index contributed by atoms with van der Waals surface area (Å²) in [5, 5.41) is 7.32. The van der Waals surface area contributed by atoms with E-state index in [9.17, 15) is 19.2 Å². The second-order valence-corrected chi connectivity index (χ2v) is 13.5. The van der Waals surface area contributed by atoms with Crippen LogP contribution in [-0.4, -0.2) is 60.0 Å². The number of rotatable bonds is 13. The quantitative estimate of drug-likeness (QED) is 0.0922. The van der Waals surface area contributed by atoms with Crippen LogP contribution in [0.2, 0.25) is 0 Å². The molecule has 0 saturated carbocycles. The molecule has 0 fully saturated rings. The van der Waals surface area contributed by atoms with Gasteiger partial charge < -0.3 is 34.2 Å². The molecule has 2 heterocycles. The van der Waals surface area contributed by atoms with Gasteiger partial charge in [-0.1, -0.05) is 78.9 Å².